The number of thiophene rings is 1. The highest BCUT2D eigenvalue weighted by atomic mass is 32.2. The molecule has 1 amide bonds. The van der Waals surface area contributed by atoms with E-state index < -0.39 is 15.9 Å². The molecule has 1 aromatic heterocycles. The van der Waals surface area contributed by atoms with E-state index in [1.807, 2.05) is 12.1 Å². The summed E-state index contributed by atoms with van der Waals surface area (Å²) in [5, 5.41) is 0. The van der Waals surface area contributed by atoms with Crippen LogP contribution in [-0.2, 0) is 35.7 Å². The number of hydrogen-bond donors (Lipinski definition) is 2. The molecule has 5 nitrogen and oxygen atoms in total. The van der Waals surface area contributed by atoms with Gasteiger partial charge in [0.1, 0.15) is 0 Å². The van der Waals surface area contributed by atoms with Gasteiger partial charge in [-0.3, -0.25) is 10.2 Å². The second-order valence-electron chi connectivity index (χ2n) is 7.60. The molecular weight excluding hydrogens is 380 g/mol. The zero-order valence-electron chi connectivity index (χ0n) is 15.4. The van der Waals surface area contributed by atoms with Gasteiger partial charge >= 0.3 is 0 Å². The molecule has 144 valence electrons. The Labute approximate surface area is 164 Å². The van der Waals surface area contributed by atoms with Gasteiger partial charge in [-0.2, -0.15) is 0 Å². The number of aryl methyl sites for hydroxylation is 3. The van der Waals surface area contributed by atoms with Gasteiger partial charge in [-0.05, 0) is 85.8 Å². The predicted molar refractivity (Wildman–Crippen MR) is 106 cm³/mol. The van der Waals surface area contributed by atoms with Gasteiger partial charge in [-0.25, -0.2) is 8.42 Å². The summed E-state index contributed by atoms with van der Waals surface area (Å²) < 4.78 is 25.1. The topological polar surface area (TPSA) is 75.3 Å². The molecule has 27 heavy (non-hydrogen) atoms. The third kappa shape index (κ3) is 3.95. The van der Waals surface area contributed by atoms with Gasteiger partial charge in [-0.1, -0.05) is 13.0 Å². The summed E-state index contributed by atoms with van der Waals surface area (Å²) >= 11 is 1.46. The highest BCUT2D eigenvalue weighted by Gasteiger charge is 2.22. The molecule has 7 heteroatoms. The number of fused-ring (bicyclic) bond motifs is 2. The second kappa shape index (κ2) is 7.37. The Morgan fingerprint density at radius 1 is 1.07 bits per heavy atom. The van der Waals surface area contributed by atoms with E-state index in [9.17, 15) is 13.2 Å². The minimum atomic E-state index is -3.79. The molecule has 0 spiro atoms. The molecule has 1 heterocycles. The van der Waals surface area contributed by atoms with E-state index in [0.717, 1.165) is 50.5 Å². The minimum Gasteiger partial charge on any atom is -0.273 e. The Bertz CT molecular complexity index is 979. The number of sulfonamides is 1. The van der Waals surface area contributed by atoms with Gasteiger partial charge < -0.3 is 0 Å². The highest BCUT2D eigenvalue weighted by molar-refractivity contribution is 7.89. The van der Waals surface area contributed by atoms with Crippen LogP contribution in [0.3, 0.4) is 0 Å². The lowest BCUT2D eigenvalue weighted by molar-refractivity contribution is 0.0949. The molecule has 0 aliphatic heterocycles. The highest BCUT2D eigenvalue weighted by Crippen LogP contribution is 2.32. The third-order valence-corrected chi connectivity index (χ3v) is 7.96. The molecule has 0 saturated carbocycles. The number of rotatable bonds is 4. The van der Waals surface area contributed by atoms with Gasteiger partial charge in [0.05, 0.1) is 9.77 Å². The van der Waals surface area contributed by atoms with E-state index in [-0.39, 0.29) is 4.90 Å². The van der Waals surface area contributed by atoms with E-state index in [2.05, 4.69) is 17.2 Å². The third-order valence-electron chi connectivity index (χ3n) is 5.48. The molecule has 1 aromatic carbocycles. The molecule has 4 rings (SSSR count). The fourth-order valence-electron chi connectivity index (χ4n) is 3.93. The molecule has 0 saturated heterocycles. The van der Waals surface area contributed by atoms with Crippen LogP contribution < -0.4 is 10.3 Å². The van der Waals surface area contributed by atoms with E-state index in [1.165, 1.54) is 27.3 Å². The Kier molecular flexibility index (Phi) is 5.09. The maximum Gasteiger partial charge on any atom is 0.276 e. The van der Waals surface area contributed by atoms with Gasteiger partial charge in [0.25, 0.3) is 15.9 Å². The first-order valence-electron chi connectivity index (χ1n) is 9.48. The van der Waals surface area contributed by atoms with Gasteiger partial charge in [0.2, 0.25) is 0 Å². The van der Waals surface area contributed by atoms with Crippen molar-refractivity contribution in [1.29, 1.82) is 0 Å². The molecule has 0 bridgehead atoms. The average Bonchev–Trinajstić information content (AvgIpc) is 3.09. The summed E-state index contributed by atoms with van der Waals surface area (Å²) in [5.41, 5.74) is 5.91. The van der Waals surface area contributed by atoms with E-state index in [0.29, 0.717) is 10.8 Å². The number of amides is 1. The van der Waals surface area contributed by atoms with E-state index in [1.54, 1.807) is 12.1 Å². The quantitative estimate of drug-likeness (QED) is 0.767. The Hall–Kier alpha value is -1.70. The fourth-order valence-corrected chi connectivity index (χ4v) is 5.92. The zero-order chi connectivity index (χ0) is 19.0. The van der Waals surface area contributed by atoms with Crippen LogP contribution >= 0.6 is 11.3 Å². The van der Waals surface area contributed by atoms with Crippen LogP contribution in [0.15, 0.2) is 29.2 Å². The summed E-state index contributed by atoms with van der Waals surface area (Å²) in [4.78, 5) is 16.7. The normalized spacial score (nSPS) is 19.2. The summed E-state index contributed by atoms with van der Waals surface area (Å²) in [6.45, 7) is 2.22. The molecule has 0 fully saturated rings. The Morgan fingerprint density at radius 3 is 2.67 bits per heavy atom. The van der Waals surface area contributed by atoms with Gasteiger partial charge in [0, 0.05) is 4.88 Å². The molecule has 2 aliphatic rings. The van der Waals surface area contributed by atoms with Gasteiger partial charge in [-0.15, -0.1) is 16.2 Å². The molecule has 2 aliphatic carbocycles. The fraction of sp³-hybridized carbons (Fsp3) is 0.450. The lowest BCUT2D eigenvalue weighted by Gasteiger charge is -2.16. The smallest absolute Gasteiger partial charge is 0.273 e. The molecule has 1 atom stereocenters. The monoisotopic (exact) mass is 404 g/mol. The number of hydrazine groups is 1. The van der Waals surface area contributed by atoms with Crippen molar-refractivity contribution in [2.75, 3.05) is 0 Å². The molecular formula is C20H24N2O3S2. The number of hydrogen-bond acceptors (Lipinski definition) is 4. The molecule has 0 unspecified atom stereocenters. The summed E-state index contributed by atoms with van der Waals surface area (Å²) in [6, 6.07) is 7.13. The maximum absolute atomic E-state index is 12.6. The predicted octanol–water partition coefficient (Wildman–Crippen LogP) is 3.38. The molecule has 2 N–H and O–H groups in total. The van der Waals surface area contributed by atoms with Crippen LogP contribution in [0.1, 0.15) is 57.4 Å². The van der Waals surface area contributed by atoms with Crippen molar-refractivity contribution >= 4 is 27.3 Å². The zero-order valence-corrected chi connectivity index (χ0v) is 17.0. The van der Waals surface area contributed by atoms with Crippen molar-refractivity contribution in [3.05, 3.63) is 50.7 Å². The maximum atomic E-state index is 12.6. The first kappa shape index (κ1) is 18.7. The minimum absolute atomic E-state index is 0.197. The van der Waals surface area contributed by atoms with Crippen LogP contribution in [-0.4, -0.2) is 14.3 Å². The van der Waals surface area contributed by atoms with Crippen LogP contribution in [0.2, 0.25) is 0 Å². The van der Waals surface area contributed by atoms with Crippen LogP contribution in [0.25, 0.3) is 0 Å². The van der Waals surface area contributed by atoms with Crippen molar-refractivity contribution in [2.45, 2.75) is 56.8 Å². The summed E-state index contributed by atoms with van der Waals surface area (Å²) in [6.07, 6.45) is 7.26. The van der Waals surface area contributed by atoms with Gasteiger partial charge in [0.15, 0.2) is 0 Å². The lowest BCUT2D eigenvalue weighted by atomic mass is 9.90. The lowest BCUT2D eigenvalue weighted by Crippen LogP contribution is -2.41. The summed E-state index contributed by atoms with van der Waals surface area (Å²) in [5.74, 6) is 0.231. The number of carbonyl (C=O) groups is 1. The molecule has 0 radical (unpaired) electrons. The van der Waals surface area contributed by atoms with Crippen molar-refractivity contribution < 1.29 is 13.2 Å². The average molecular weight is 405 g/mol. The van der Waals surface area contributed by atoms with Crippen molar-refractivity contribution in [3.8, 4) is 0 Å². The first-order valence-corrected chi connectivity index (χ1v) is 11.8. The second-order valence-corrected chi connectivity index (χ2v) is 10.4. The number of carbonyl (C=O) groups excluding carboxylic acids is 1. The van der Waals surface area contributed by atoms with E-state index in [4.69, 9.17) is 0 Å². The first-order chi connectivity index (χ1) is 12.9. The van der Waals surface area contributed by atoms with E-state index >= 15 is 0 Å². The van der Waals surface area contributed by atoms with Crippen LogP contribution in [0, 0.1) is 5.92 Å². The Morgan fingerprint density at radius 2 is 1.85 bits per heavy atom. The number of nitrogens with one attached hydrogen (secondary N) is 2. The number of benzene rings is 1. The Balaban J connectivity index is 1.45. The standard InChI is InChI=1S/C20H24N2O3S2/c1-13-6-9-18-16(10-13)12-19(26-18)20(23)21-22-27(24,25)17-8-7-14-4-2-3-5-15(14)11-17/h7-8,11-13,22H,2-6,9-10H2,1H3,(H,21,23)/t13-/m1/s1. The van der Waals surface area contributed by atoms with Crippen molar-refractivity contribution in [2.24, 2.45) is 5.92 Å². The molecule has 2 aromatic rings. The van der Waals surface area contributed by atoms with Crippen molar-refractivity contribution in [3.63, 3.8) is 0 Å². The van der Waals surface area contributed by atoms with Crippen LogP contribution in [0.5, 0.6) is 0 Å². The summed E-state index contributed by atoms with van der Waals surface area (Å²) in [7, 11) is -3.79. The van der Waals surface area contributed by atoms with Crippen molar-refractivity contribution in [1.82, 2.24) is 10.3 Å². The van der Waals surface area contributed by atoms with Crippen LogP contribution in [0.4, 0.5) is 0 Å². The largest absolute Gasteiger partial charge is 0.276 e. The SMILES string of the molecule is C[C@@H]1CCc2sc(C(=O)NNS(=O)(=O)c3ccc4c(c3)CCCC4)cc2C1.